The third kappa shape index (κ3) is 2.06. The summed E-state index contributed by atoms with van der Waals surface area (Å²) < 4.78 is 12.1. The van der Waals surface area contributed by atoms with Crippen LogP contribution in [0.25, 0.3) is 0 Å². The van der Waals surface area contributed by atoms with Crippen LogP contribution < -0.4 is 5.32 Å². The van der Waals surface area contributed by atoms with Crippen molar-refractivity contribution in [3.63, 3.8) is 0 Å². The lowest BCUT2D eigenvalue weighted by Crippen LogP contribution is -2.20. The maximum absolute atomic E-state index is 12.1. The van der Waals surface area contributed by atoms with E-state index in [1.54, 1.807) is 18.3 Å². The molecule has 5 heteroatoms. The normalized spacial score (nSPS) is 22.2. The predicted molar refractivity (Wildman–Crippen MR) is 56.6 cm³/mol. The fourth-order valence-corrected chi connectivity index (χ4v) is 3.02. The Morgan fingerprint density at radius 3 is 3.20 bits per heavy atom. The van der Waals surface area contributed by atoms with Gasteiger partial charge in [0.25, 0.3) is 0 Å². The van der Waals surface area contributed by atoms with E-state index < -0.39 is 10.8 Å². The lowest BCUT2D eigenvalue weighted by Gasteiger charge is -2.08. The summed E-state index contributed by atoms with van der Waals surface area (Å²) in [6.45, 7) is 1.64. The van der Waals surface area contributed by atoms with Crippen LogP contribution in [0.4, 0.5) is 0 Å². The smallest absolute Gasteiger partial charge is 0.145 e. The summed E-state index contributed by atoms with van der Waals surface area (Å²) in [4.78, 5) is 4.04. The average molecular weight is 221 g/mol. The van der Waals surface area contributed by atoms with E-state index in [9.17, 15) is 4.21 Å². The molecule has 1 aliphatic heterocycles. The molecular formula is C10H11N3OS. The van der Waals surface area contributed by atoms with E-state index in [4.69, 9.17) is 5.26 Å². The molecule has 1 saturated heterocycles. The fraction of sp³-hybridized carbons (Fsp3) is 0.400. The van der Waals surface area contributed by atoms with Crippen molar-refractivity contribution in [2.24, 2.45) is 0 Å². The molecule has 15 heavy (non-hydrogen) atoms. The van der Waals surface area contributed by atoms with Gasteiger partial charge < -0.3 is 5.32 Å². The summed E-state index contributed by atoms with van der Waals surface area (Å²) >= 11 is 0. The van der Waals surface area contributed by atoms with E-state index in [1.807, 2.05) is 6.07 Å². The van der Waals surface area contributed by atoms with Crippen LogP contribution in [-0.4, -0.2) is 27.5 Å². The molecule has 0 saturated carbocycles. The first-order valence-corrected chi connectivity index (χ1v) is 6.00. The summed E-state index contributed by atoms with van der Waals surface area (Å²) in [7, 11) is -1.17. The minimum atomic E-state index is -1.17. The first-order chi connectivity index (χ1) is 7.33. The van der Waals surface area contributed by atoms with Gasteiger partial charge in [-0.1, -0.05) is 0 Å². The summed E-state index contributed by atoms with van der Waals surface area (Å²) in [6.07, 6.45) is 2.46. The Balaban J connectivity index is 2.29. The molecule has 1 N–H and O–H groups in total. The molecule has 1 aliphatic rings. The number of hydrogen-bond acceptors (Lipinski definition) is 4. The highest BCUT2D eigenvalue weighted by atomic mass is 32.2. The lowest BCUT2D eigenvalue weighted by molar-refractivity contribution is 0.669. The maximum atomic E-state index is 12.1. The molecular weight excluding hydrogens is 210 g/mol. The number of hydrogen-bond donors (Lipinski definition) is 1. The SMILES string of the molecule is N#Cc1cccnc1S(=O)[C@@H]1CCNC1. The van der Waals surface area contributed by atoms with Crippen LogP contribution >= 0.6 is 0 Å². The second-order valence-corrected chi connectivity index (χ2v) is 5.03. The average Bonchev–Trinajstić information content (AvgIpc) is 2.81. The molecule has 0 aliphatic carbocycles. The molecule has 1 fully saturated rings. The fourth-order valence-electron chi connectivity index (χ4n) is 1.60. The highest BCUT2D eigenvalue weighted by Crippen LogP contribution is 2.16. The van der Waals surface area contributed by atoms with Gasteiger partial charge in [0.1, 0.15) is 11.1 Å². The Labute approximate surface area is 90.8 Å². The zero-order chi connectivity index (χ0) is 10.7. The lowest BCUT2D eigenvalue weighted by atomic mass is 10.3. The second-order valence-electron chi connectivity index (χ2n) is 3.38. The van der Waals surface area contributed by atoms with E-state index in [-0.39, 0.29) is 5.25 Å². The van der Waals surface area contributed by atoms with Gasteiger partial charge in [-0.3, -0.25) is 4.21 Å². The Morgan fingerprint density at radius 2 is 2.53 bits per heavy atom. The molecule has 1 aromatic rings. The van der Waals surface area contributed by atoms with Crippen LogP contribution in [0.5, 0.6) is 0 Å². The summed E-state index contributed by atoms with van der Waals surface area (Å²) in [5, 5.41) is 12.5. The molecule has 1 unspecified atom stereocenters. The van der Waals surface area contributed by atoms with Crippen molar-refractivity contribution in [1.29, 1.82) is 5.26 Å². The van der Waals surface area contributed by atoms with Gasteiger partial charge in [-0.05, 0) is 25.1 Å². The number of pyridine rings is 1. The number of aromatic nitrogens is 1. The summed E-state index contributed by atoms with van der Waals surface area (Å²) in [6, 6.07) is 5.37. The topological polar surface area (TPSA) is 65.8 Å². The van der Waals surface area contributed by atoms with Crippen molar-refractivity contribution in [3.05, 3.63) is 23.9 Å². The van der Waals surface area contributed by atoms with Crippen LogP contribution in [0.1, 0.15) is 12.0 Å². The standard InChI is InChI=1S/C10H11N3OS/c11-6-8-2-1-4-13-10(8)15(14)9-3-5-12-7-9/h1-2,4,9,12H,3,5,7H2/t9-,15?/m1/s1. The third-order valence-electron chi connectivity index (χ3n) is 2.40. The van der Waals surface area contributed by atoms with Crippen molar-refractivity contribution >= 4 is 10.8 Å². The molecule has 0 spiro atoms. The van der Waals surface area contributed by atoms with Crippen molar-refractivity contribution in [2.75, 3.05) is 13.1 Å². The van der Waals surface area contributed by atoms with Gasteiger partial charge in [-0.2, -0.15) is 5.26 Å². The monoisotopic (exact) mass is 221 g/mol. The zero-order valence-corrected chi connectivity index (χ0v) is 8.96. The van der Waals surface area contributed by atoms with Crippen molar-refractivity contribution in [2.45, 2.75) is 16.7 Å². The van der Waals surface area contributed by atoms with E-state index in [1.165, 1.54) is 0 Å². The van der Waals surface area contributed by atoms with Gasteiger partial charge in [0.15, 0.2) is 0 Å². The highest BCUT2D eigenvalue weighted by Gasteiger charge is 2.24. The van der Waals surface area contributed by atoms with Gasteiger partial charge in [0, 0.05) is 12.7 Å². The largest absolute Gasteiger partial charge is 0.315 e. The predicted octanol–water partition coefficient (Wildman–Crippen LogP) is 0.423. The third-order valence-corrected chi connectivity index (χ3v) is 4.11. The van der Waals surface area contributed by atoms with E-state index in [0.29, 0.717) is 10.6 Å². The summed E-state index contributed by atoms with van der Waals surface area (Å²) in [5.41, 5.74) is 0.419. The van der Waals surface area contributed by atoms with Crippen LogP contribution in [0.2, 0.25) is 0 Å². The number of nitrogens with one attached hydrogen (secondary N) is 1. The van der Waals surface area contributed by atoms with E-state index >= 15 is 0 Å². The second kappa shape index (κ2) is 4.51. The minimum Gasteiger partial charge on any atom is -0.315 e. The van der Waals surface area contributed by atoms with Crippen LogP contribution in [0, 0.1) is 11.3 Å². The Morgan fingerprint density at radius 1 is 1.67 bits per heavy atom. The van der Waals surface area contributed by atoms with Crippen molar-refractivity contribution in [3.8, 4) is 6.07 Å². The number of rotatable bonds is 2. The van der Waals surface area contributed by atoms with Crippen LogP contribution in [-0.2, 0) is 10.8 Å². The Hall–Kier alpha value is -1.25. The quantitative estimate of drug-likeness (QED) is 0.786. The molecule has 0 bridgehead atoms. The number of nitrogens with zero attached hydrogens (tertiary/aromatic N) is 2. The first kappa shape index (κ1) is 10.3. The highest BCUT2D eigenvalue weighted by molar-refractivity contribution is 7.85. The van der Waals surface area contributed by atoms with Crippen LogP contribution in [0.15, 0.2) is 23.4 Å². The molecule has 78 valence electrons. The summed E-state index contributed by atoms with van der Waals surface area (Å²) in [5.74, 6) is 0. The Kier molecular flexibility index (Phi) is 3.09. The van der Waals surface area contributed by atoms with Crippen LogP contribution in [0.3, 0.4) is 0 Å². The molecule has 2 atom stereocenters. The molecule has 0 radical (unpaired) electrons. The van der Waals surface area contributed by atoms with Gasteiger partial charge in [-0.15, -0.1) is 0 Å². The molecule has 0 amide bonds. The molecule has 2 rings (SSSR count). The Bertz CT molecular complexity index is 421. The first-order valence-electron chi connectivity index (χ1n) is 4.79. The molecule has 2 heterocycles. The molecule has 0 aromatic carbocycles. The van der Waals surface area contributed by atoms with Gasteiger partial charge in [0.05, 0.1) is 21.6 Å². The van der Waals surface area contributed by atoms with Crippen molar-refractivity contribution in [1.82, 2.24) is 10.3 Å². The number of nitriles is 1. The van der Waals surface area contributed by atoms with Gasteiger partial charge >= 0.3 is 0 Å². The van der Waals surface area contributed by atoms with Gasteiger partial charge in [-0.25, -0.2) is 4.98 Å². The molecule has 4 nitrogen and oxygen atoms in total. The zero-order valence-electron chi connectivity index (χ0n) is 8.14. The maximum Gasteiger partial charge on any atom is 0.145 e. The van der Waals surface area contributed by atoms with E-state index in [2.05, 4.69) is 10.3 Å². The molecule has 1 aromatic heterocycles. The van der Waals surface area contributed by atoms with Gasteiger partial charge in [0.2, 0.25) is 0 Å². The minimum absolute atomic E-state index is 0.0898. The van der Waals surface area contributed by atoms with Crippen molar-refractivity contribution < 1.29 is 4.21 Å². The van der Waals surface area contributed by atoms with E-state index in [0.717, 1.165) is 19.5 Å².